The molecule has 1 unspecified atom stereocenters. The maximum Gasteiger partial charge on any atom is 0.414 e. The minimum Gasteiger partial charge on any atom is -0.473 e. The molecule has 1 aliphatic heterocycles. The maximum atomic E-state index is 9.10. The van der Waals surface area contributed by atoms with Crippen molar-refractivity contribution in [2.24, 2.45) is 0 Å². The summed E-state index contributed by atoms with van der Waals surface area (Å²) in [5.74, 6) is -3.65. The molecule has 6 heteroatoms. The zero-order valence-corrected chi connectivity index (χ0v) is 16.4. The molecule has 1 fully saturated rings. The molecule has 3 rings (SSSR count). The fraction of sp³-hybridized carbons (Fsp3) is 0.364. The van der Waals surface area contributed by atoms with E-state index in [4.69, 9.17) is 19.8 Å². The molecule has 0 aromatic heterocycles. The standard InChI is InChI=1S/C20H26N2.C2H2O4/c1-16-8-6-12-20(17(16)2)21-19-11-7-13-22(15-19)14-18-9-4-3-5-10-18;3-1(4)2(5)6/h3-6,8-10,12,19,21H,7,11,13-15H2,1-2H3;(H,3,4)(H,5,6). The van der Waals surface area contributed by atoms with Crippen LogP contribution in [0, 0.1) is 13.8 Å². The van der Waals surface area contributed by atoms with E-state index in [-0.39, 0.29) is 0 Å². The fourth-order valence-corrected chi connectivity index (χ4v) is 3.29. The Hall–Kier alpha value is -2.86. The Bertz CT molecular complexity index is 780. The first-order chi connectivity index (χ1) is 13.4. The van der Waals surface area contributed by atoms with Gasteiger partial charge in [-0.25, -0.2) is 9.59 Å². The second-order valence-corrected chi connectivity index (χ2v) is 7.06. The lowest BCUT2D eigenvalue weighted by atomic mass is 10.0. The van der Waals surface area contributed by atoms with Crippen LogP contribution in [-0.4, -0.2) is 46.2 Å². The average molecular weight is 384 g/mol. The highest BCUT2D eigenvalue weighted by atomic mass is 16.4. The molecule has 0 saturated carbocycles. The van der Waals surface area contributed by atoms with Crippen LogP contribution in [0.4, 0.5) is 5.69 Å². The molecule has 2 aromatic carbocycles. The summed E-state index contributed by atoms with van der Waals surface area (Å²) in [6.07, 6.45) is 2.54. The number of nitrogens with one attached hydrogen (secondary N) is 1. The van der Waals surface area contributed by atoms with Gasteiger partial charge >= 0.3 is 11.9 Å². The summed E-state index contributed by atoms with van der Waals surface area (Å²) in [6, 6.07) is 17.9. The van der Waals surface area contributed by atoms with E-state index in [1.54, 1.807) is 0 Å². The van der Waals surface area contributed by atoms with E-state index < -0.39 is 11.9 Å². The number of carbonyl (C=O) groups is 2. The minimum atomic E-state index is -1.82. The van der Waals surface area contributed by atoms with Gasteiger partial charge in [-0.3, -0.25) is 4.90 Å². The normalized spacial score (nSPS) is 16.6. The van der Waals surface area contributed by atoms with Gasteiger partial charge in [-0.15, -0.1) is 0 Å². The van der Waals surface area contributed by atoms with Crippen molar-refractivity contribution in [3.63, 3.8) is 0 Å². The number of benzene rings is 2. The van der Waals surface area contributed by atoms with Crippen molar-refractivity contribution >= 4 is 17.6 Å². The molecule has 0 spiro atoms. The first-order valence-corrected chi connectivity index (χ1v) is 9.42. The molecular formula is C22H28N2O4. The van der Waals surface area contributed by atoms with E-state index in [1.165, 1.54) is 41.8 Å². The van der Waals surface area contributed by atoms with Gasteiger partial charge in [-0.05, 0) is 56.0 Å². The minimum absolute atomic E-state index is 0.554. The third-order valence-electron chi connectivity index (χ3n) is 4.90. The van der Waals surface area contributed by atoms with Crippen LogP contribution < -0.4 is 5.32 Å². The Kier molecular flexibility index (Phi) is 8.02. The van der Waals surface area contributed by atoms with Gasteiger partial charge in [0.2, 0.25) is 0 Å². The number of hydrogen-bond acceptors (Lipinski definition) is 4. The van der Waals surface area contributed by atoms with Crippen molar-refractivity contribution in [3.8, 4) is 0 Å². The fourth-order valence-electron chi connectivity index (χ4n) is 3.29. The molecule has 1 saturated heterocycles. The maximum absolute atomic E-state index is 9.10. The van der Waals surface area contributed by atoms with E-state index in [9.17, 15) is 0 Å². The topological polar surface area (TPSA) is 89.9 Å². The molecule has 1 aliphatic rings. The Labute approximate surface area is 165 Å². The van der Waals surface area contributed by atoms with Gasteiger partial charge in [0, 0.05) is 24.8 Å². The lowest BCUT2D eigenvalue weighted by Crippen LogP contribution is -2.41. The molecule has 3 N–H and O–H groups in total. The van der Waals surface area contributed by atoms with Gasteiger partial charge in [-0.2, -0.15) is 0 Å². The van der Waals surface area contributed by atoms with Crippen molar-refractivity contribution in [2.45, 2.75) is 39.3 Å². The number of aryl methyl sites for hydroxylation is 1. The second-order valence-electron chi connectivity index (χ2n) is 7.06. The lowest BCUT2D eigenvalue weighted by Gasteiger charge is -2.34. The van der Waals surface area contributed by atoms with Gasteiger partial charge in [0.15, 0.2) is 0 Å². The van der Waals surface area contributed by atoms with Crippen molar-refractivity contribution in [1.29, 1.82) is 0 Å². The SMILES string of the molecule is Cc1cccc(NC2CCCN(Cc3ccccc3)C2)c1C.O=C(O)C(=O)O. The van der Waals surface area contributed by atoms with Gasteiger partial charge in [0.25, 0.3) is 0 Å². The third-order valence-corrected chi connectivity index (χ3v) is 4.90. The van der Waals surface area contributed by atoms with Crippen molar-refractivity contribution < 1.29 is 19.8 Å². The van der Waals surface area contributed by atoms with Crippen LogP contribution in [0.2, 0.25) is 0 Å². The molecule has 0 bridgehead atoms. The molecule has 28 heavy (non-hydrogen) atoms. The number of piperidine rings is 1. The summed E-state index contributed by atoms with van der Waals surface area (Å²) in [7, 11) is 0. The van der Waals surface area contributed by atoms with Gasteiger partial charge in [0.05, 0.1) is 0 Å². The van der Waals surface area contributed by atoms with Crippen molar-refractivity contribution in [3.05, 3.63) is 65.2 Å². The summed E-state index contributed by atoms with van der Waals surface area (Å²) < 4.78 is 0. The van der Waals surface area contributed by atoms with Crippen LogP contribution >= 0.6 is 0 Å². The number of rotatable bonds is 4. The molecule has 1 heterocycles. The number of aliphatic carboxylic acids is 2. The summed E-state index contributed by atoms with van der Waals surface area (Å²) in [5.41, 5.74) is 5.45. The predicted octanol–water partition coefficient (Wildman–Crippen LogP) is 3.54. The third kappa shape index (κ3) is 6.70. The largest absolute Gasteiger partial charge is 0.473 e. The predicted molar refractivity (Wildman–Crippen MR) is 110 cm³/mol. The summed E-state index contributed by atoms with van der Waals surface area (Å²) in [5, 5.41) is 18.5. The Morgan fingerprint density at radius 2 is 1.71 bits per heavy atom. The van der Waals surface area contributed by atoms with E-state index >= 15 is 0 Å². The number of likely N-dealkylation sites (tertiary alicyclic amines) is 1. The quantitative estimate of drug-likeness (QED) is 0.699. The molecule has 6 nitrogen and oxygen atoms in total. The van der Waals surface area contributed by atoms with Gasteiger partial charge in [-0.1, -0.05) is 42.5 Å². The summed E-state index contributed by atoms with van der Waals surface area (Å²) >= 11 is 0. The molecular weight excluding hydrogens is 356 g/mol. The molecule has 0 radical (unpaired) electrons. The highest BCUT2D eigenvalue weighted by Gasteiger charge is 2.20. The van der Waals surface area contributed by atoms with Crippen LogP contribution in [-0.2, 0) is 16.1 Å². The lowest BCUT2D eigenvalue weighted by molar-refractivity contribution is -0.159. The molecule has 0 amide bonds. The highest BCUT2D eigenvalue weighted by Crippen LogP contribution is 2.22. The smallest absolute Gasteiger partial charge is 0.414 e. The molecule has 2 aromatic rings. The summed E-state index contributed by atoms with van der Waals surface area (Å²) in [4.78, 5) is 20.8. The summed E-state index contributed by atoms with van der Waals surface area (Å²) in [6.45, 7) is 7.79. The number of hydrogen-bond donors (Lipinski definition) is 3. The number of anilines is 1. The van der Waals surface area contributed by atoms with Crippen LogP contribution in [0.25, 0.3) is 0 Å². The first-order valence-electron chi connectivity index (χ1n) is 9.42. The second kappa shape index (κ2) is 10.5. The Morgan fingerprint density at radius 1 is 1.04 bits per heavy atom. The van der Waals surface area contributed by atoms with E-state index in [0.29, 0.717) is 6.04 Å². The number of carboxylic acids is 2. The van der Waals surface area contributed by atoms with E-state index in [1.807, 2.05) is 0 Å². The molecule has 0 aliphatic carbocycles. The van der Waals surface area contributed by atoms with Gasteiger partial charge in [0.1, 0.15) is 0 Å². The zero-order valence-electron chi connectivity index (χ0n) is 16.4. The molecule has 1 atom stereocenters. The highest BCUT2D eigenvalue weighted by molar-refractivity contribution is 6.27. The van der Waals surface area contributed by atoms with Crippen molar-refractivity contribution in [2.75, 3.05) is 18.4 Å². The monoisotopic (exact) mass is 384 g/mol. The van der Waals surface area contributed by atoms with Crippen LogP contribution in [0.15, 0.2) is 48.5 Å². The number of nitrogens with zero attached hydrogens (tertiary/aromatic N) is 1. The zero-order chi connectivity index (χ0) is 20.5. The van der Waals surface area contributed by atoms with Gasteiger partial charge < -0.3 is 15.5 Å². The molecule has 150 valence electrons. The van der Waals surface area contributed by atoms with Crippen LogP contribution in [0.1, 0.15) is 29.5 Å². The average Bonchev–Trinajstić information content (AvgIpc) is 2.67. The van der Waals surface area contributed by atoms with Crippen LogP contribution in [0.3, 0.4) is 0 Å². The van der Waals surface area contributed by atoms with E-state index in [2.05, 4.69) is 72.6 Å². The first kappa shape index (κ1) is 21.4. The van der Waals surface area contributed by atoms with E-state index in [0.717, 1.165) is 13.1 Å². The Morgan fingerprint density at radius 3 is 2.36 bits per heavy atom. The van der Waals surface area contributed by atoms with Crippen LogP contribution in [0.5, 0.6) is 0 Å². The van der Waals surface area contributed by atoms with Crippen molar-refractivity contribution in [1.82, 2.24) is 4.90 Å². The Balaban J connectivity index is 0.000000409. The number of carboxylic acid groups (broad SMARTS) is 2.